The number of fused-ring (bicyclic) bond motifs is 1. The molecule has 0 atom stereocenters. The summed E-state index contributed by atoms with van der Waals surface area (Å²) >= 11 is 0. The molecule has 1 aliphatic rings. The number of ether oxygens (including phenoxy) is 3. The number of nitrogens with one attached hydrogen (secondary N) is 1. The Morgan fingerprint density at radius 1 is 0.931 bits per heavy atom. The molecule has 1 heterocycles. The van der Waals surface area contributed by atoms with Crippen molar-refractivity contribution in [1.29, 1.82) is 0 Å². The predicted octanol–water partition coefficient (Wildman–Crippen LogP) is 5.23. The summed E-state index contributed by atoms with van der Waals surface area (Å²) in [6.07, 6.45) is -4.76. The Labute approximate surface area is 163 Å². The lowest BCUT2D eigenvalue weighted by atomic mass is 9.99. The summed E-state index contributed by atoms with van der Waals surface area (Å²) in [4.78, 5) is 12.8. The van der Waals surface area contributed by atoms with Crippen LogP contribution >= 0.6 is 0 Å². The van der Waals surface area contributed by atoms with Gasteiger partial charge in [0.1, 0.15) is 5.75 Å². The molecule has 0 bridgehead atoms. The molecule has 4 rings (SSSR count). The van der Waals surface area contributed by atoms with Crippen molar-refractivity contribution < 1.29 is 32.2 Å². The molecule has 3 aromatic rings. The molecule has 1 N–H and O–H groups in total. The average molecular weight is 401 g/mol. The van der Waals surface area contributed by atoms with Crippen molar-refractivity contribution in [3.8, 4) is 28.4 Å². The number of hydrogen-bond acceptors (Lipinski definition) is 4. The van der Waals surface area contributed by atoms with Crippen molar-refractivity contribution >= 4 is 11.6 Å². The van der Waals surface area contributed by atoms with Crippen LogP contribution in [0.3, 0.4) is 0 Å². The van der Waals surface area contributed by atoms with Crippen LogP contribution < -0.4 is 19.5 Å². The predicted molar refractivity (Wildman–Crippen MR) is 99.1 cm³/mol. The summed E-state index contributed by atoms with van der Waals surface area (Å²) in [6.45, 7) is 0.129. The Morgan fingerprint density at radius 2 is 1.66 bits per heavy atom. The summed E-state index contributed by atoms with van der Waals surface area (Å²) in [5, 5.41) is 2.79. The number of halogens is 3. The van der Waals surface area contributed by atoms with E-state index in [0.717, 1.165) is 0 Å². The molecule has 29 heavy (non-hydrogen) atoms. The zero-order valence-corrected chi connectivity index (χ0v) is 14.8. The van der Waals surface area contributed by atoms with Crippen molar-refractivity contribution in [2.75, 3.05) is 12.1 Å². The summed E-state index contributed by atoms with van der Waals surface area (Å²) in [6, 6.07) is 17.2. The fourth-order valence-corrected chi connectivity index (χ4v) is 2.94. The molecule has 1 aliphatic heterocycles. The van der Waals surface area contributed by atoms with Gasteiger partial charge in [-0.25, -0.2) is 0 Å². The van der Waals surface area contributed by atoms with Crippen LogP contribution in [0.15, 0.2) is 66.7 Å². The molecular weight excluding hydrogens is 387 g/mol. The van der Waals surface area contributed by atoms with Crippen LogP contribution in [0.1, 0.15) is 10.4 Å². The maximum absolute atomic E-state index is 12.8. The number of carbonyl (C=O) groups is 1. The minimum atomic E-state index is -4.76. The van der Waals surface area contributed by atoms with Crippen LogP contribution in [-0.2, 0) is 0 Å². The molecule has 148 valence electrons. The molecule has 0 unspecified atom stereocenters. The van der Waals surface area contributed by atoms with E-state index in [2.05, 4.69) is 10.1 Å². The molecule has 8 heteroatoms. The average Bonchev–Trinajstić information content (AvgIpc) is 3.15. The standard InChI is InChI=1S/C21H14F3NO4/c22-21(23,24)29-15-8-5-13(6-9-15)16-3-1-2-4-17(16)20(26)25-14-7-10-18-19(11-14)28-12-27-18/h1-11H,12H2,(H,25,26). The van der Waals surface area contributed by atoms with E-state index >= 15 is 0 Å². The maximum Gasteiger partial charge on any atom is 0.573 e. The lowest BCUT2D eigenvalue weighted by molar-refractivity contribution is -0.274. The van der Waals surface area contributed by atoms with Gasteiger partial charge in [0.15, 0.2) is 11.5 Å². The SMILES string of the molecule is O=C(Nc1ccc2c(c1)OCO2)c1ccccc1-c1ccc(OC(F)(F)F)cc1. The highest BCUT2D eigenvalue weighted by Gasteiger charge is 2.31. The van der Waals surface area contributed by atoms with E-state index in [0.29, 0.717) is 33.9 Å². The van der Waals surface area contributed by atoms with E-state index in [-0.39, 0.29) is 18.4 Å². The molecule has 3 aromatic carbocycles. The Hall–Kier alpha value is -3.68. The minimum Gasteiger partial charge on any atom is -0.454 e. The summed E-state index contributed by atoms with van der Waals surface area (Å²) in [5.41, 5.74) is 2.05. The van der Waals surface area contributed by atoms with Crippen LogP contribution in [0, 0.1) is 0 Å². The van der Waals surface area contributed by atoms with Gasteiger partial charge in [-0.15, -0.1) is 13.2 Å². The van der Waals surface area contributed by atoms with Gasteiger partial charge in [0, 0.05) is 17.3 Å². The van der Waals surface area contributed by atoms with Crippen LogP contribution in [0.5, 0.6) is 17.2 Å². The molecule has 0 saturated heterocycles. The second-order valence-corrected chi connectivity index (χ2v) is 6.14. The molecule has 0 saturated carbocycles. The summed E-state index contributed by atoms with van der Waals surface area (Å²) < 4.78 is 51.4. The minimum absolute atomic E-state index is 0.129. The van der Waals surface area contributed by atoms with E-state index in [1.807, 2.05) is 0 Å². The van der Waals surface area contributed by atoms with Crippen molar-refractivity contribution in [2.45, 2.75) is 6.36 Å². The lowest BCUT2D eigenvalue weighted by Gasteiger charge is -2.12. The van der Waals surface area contributed by atoms with Crippen molar-refractivity contribution in [3.63, 3.8) is 0 Å². The topological polar surface area (TPSA) is 56.8 Å². The highest BCUT2D eigenvalue weighted by Crippen LogP contribution is 2.35. The third-order valence-electron chi connectivity index (χ3n) is 4.20. The van der Waals surface area contributed by atoms with E-state index in [1.165, 1.54) is 24.3 Å². The molecule has 0 radical (unpaired) electrons. The molecule has 0 aliphatic carbocycles. The Balaban J connectivity index is 1.57. The fraction of sp³-hybridized carbons (Fsp3) is 0.0952. The quantitative estimate of drug-likeness (QED) is 0.650. The number of benzene rings is 3. The molecular formula is C21H14F3NO4. The second-order valence-electron chi connectivity index (χ2n) is 6.14. The van der Waals surface area contributed by atoms with Crippen LogP contribution in [-0.4, -0.2) is 19.1 Å². The van der Waals surface area contributed by atoms with E-state index in [1.54, 1.807) is 42.5 Å². The summed E-state index contributed by atoms with van der Waals surface area (Å²) in [7, 11) is 0. The van der Waals surface area contributed by atoms with Gasteiger partial charge in [-0.2, -0.15) is 0 Å². The first-order valence-electron chi connectivity index (χ1n) is 8.55. The number of anilines is 1. The monoisotopic (exact) mass is 401 g/mol. The number of rotatable bonds is 4. The number of carbonyl (C=O) groups excluding carboxylic acids is 1. The molecule has 0 spiro atoms. The van der Waals surface area contributed by atoms with Gasteiger partial charge in [-0.1, -0.05) is 30.3 Å². The van der Waals surface area contributed by atoms with Gasteiger partial charge >= 0.3 is 6.36 Å². The third kappa shape index (κ3) is 4.26. The summed E-state index contributed by atoms with van der Waals surface area (Å²) in [5.74, 6) is 0.444. The zero-order chi connectivity index (χ0) is 20.4. The van der Waals surface area contributed by atoms with E-state index in [9.17, 15) is 18.0 Å². The van der Waals surface area contributed by atoms with Gasteiger partial charge in [0.05, 0.1) is 0 Å². The zero-order valence-electron chi connectivity index (χ0n) is 14.8. The first-order chi connectivity index (χ1) is 13.9. The number of alkyl halides is 3. The van der Waals surface area contributed by atoms with Gasteiger partial charge < -0.3 is 19.5 Å². The Morgan fingerprint density at radius 3 is 2.41 bits per heavy atom. The highest BCUT2D eigenvalue weighted by atomic mass is 19.4. The molecule has 0 fully saturated rings. The van der Waals surface area contributed by atoms with Gasteiger partial charge in [0.25, 0.3) is 5.91 Å². The highest BCUT2D eigenvalue weighted by molar-refractivity contribution is 6.08. The second kappa shape index (κ2) is 7.38. The van der Waals surface area contributed by atoms with Crippen LogP contribution in [0.25, 0.3) is 11.1 Å². The van der Waals surface area contributed by atoms with Crippen molar-refractivity contribution in [2.24, 2.45) is 0 Å². The van der Waals surface area contributed by atoms with Gasteiger partial charge in [0.2, 0.25) is 6.79 Å². The Bertz CT molecular complexity index is 1050. The largest absolute Gasteiger partial charge is 0.573 e. The molecule has 1 amide bonds. The normalized spacial score (nSPS) is 12.5. The van der Waals surface area contributed by atoms with E-state index in [4.69, 9.17) is 9.47 Å². The van der Waals surface area contributed by atoms with Crippen LogP contribution in [0.4, 0.5) is 18.9 Å². The first kappa shape index (κ1) is 18.7. The van der Waals surface area contributed by atoms with Crippen LogP contribution in [0.2, 0.25) is 0 Å². The van der Waals surface area contributed by atoms with Crippen molar-refractivity contribution in [1.82, 2.24) is 0 Å². The first-order valence-corrected chi connectivity index (χ1v) is 8.55. The third-order valence-corrected chi connectivity index (χ3v) is 4.20. The molecule has 0 aromatic heterocycles. The maximum atomic E-state index is 12.8. The van der Waals surface area contributed by atoms with Gasteiger partial charge in [-0.3, -0.25) is 4.79 Å². The molecule has 5 nitrogen and oxygen atoms in total. The smallest absolute Gasteiger partial charge is 0.454 e. The van der Waals surface area contributed by atoms with Crippen molar-refractivity contribution in [3.05, 3.63) is 72.3 Å². The lowest BCUT2D eigenvalue weighted by Crippen LogP contribution is -2.17. The van der Waals surface area contributed by atoms with E-state index < -0.39 is 6.36 Å². The number of amides is 1. The Kier molecular flexibility index (Phi) is 4.75. The fourth-order valence-electron chi connectivity index (χ4n) is 2.94. The van der Waals surface area contributed by atoms with Gasteiger partial charge in [-0.05, 0) is 41.5 Å². The number of hydrogen-bond donors (Lipinski definition) is 1.